The molecule has 0 heterocycles. The van der Waals surface area contributed by atoms with E-state index in [1.54, 1.807) is 0 Å². The van der Waals surface area contributed by atoms with Crippen LogP contribution in [0, 0.1) is 16.0 Å². The van der Waals surface area contributed by atoms with Crippen LogP contribution >= 0.6 is 11.6 Å². The minimum Gasteiger partial charge on any atom is -0.349 e. The number of carbonyl (C=O) groups excluding carboxylic acids is 1. The molecular formula is C13H15ClN2O3. The van der Waals surface area contributed by atoms with Crippen LogP contribution in [0.2, 0.25) is 5.02 Å². The molecule has 1 aromatic rings. The molecule has 1 amide bonds. The van der Waals surface area contributed by atoms with Crippen molar-refractivity contribution in [3.8, 4) is 0 Å². The first-order valence-electron chi connectivity index (χ1n) is 6.24. The second-order valence-electron chi connectivity index (χ2n) is 4.88. The zero-order chi connectivity index (χ0) is 14.0. The fourth-order valence-electron chi connectivity index (χ4n) is 2.14. The van der Waals surface area contributed by atoms with Gasteiger partial charge in [0, 0.05) is 17.7 Å². The van der Waals surface area contributed by atoms with Gasteiger partial charge in [0.1, 0.15) is 5.02 Å². The number of nitro benzene ring substituents is 1. The Morgan fingerprint density at radius 3 is 2.68 bits per heavy atom. The highest BCUT2D eigenvalue weighted by molar-refractivity contribution is 6.33. The molecule has 0 aromatic heterocycles. The van der Waals surface area contributed by atoms with Gasteiger partial charge in [-0.25, -0.2) is 0 Å². The Labute approximate surface area is 116 Å². The van der Waals surface area contributed by atoms with E-state index in [-0.39, 0.29) is 22.7 Å². The molecule has 102 valence electrons. The number of benzene rings is 1. The van der Waals surface area contributed by atoms with Gasteiger partial charge in [0.25, 0.3) is 11.6 Å². The third-order valence-electron chi connectivity index (χ3n) is 3.62. The van der Waals surface area contributed by atoms with Gasteiger partial charge in [-0.15, -0.1) is 0 Å². The zero-order valence-electron chi connectivity index (χ0n) is 10.6. The highest BCUT2D eigenvalue weighted by Gasteiger charge is 2.25. The van der Waals surface area contributed by atoms with Crippen molar-refractivity contribution in [2.24, 2.45) is 5.92 Å². The van der Waals surface area contributed by atoms with E-state index in [9.17, 15) is 14.9 Å². The minimum atomic E-state index is -0.568. The minimum absolute atomic E-state index is 0.0195. The van der Waals surface area contributed by atoms with Crippen LogP contribution in [-0.4, -0.2) is 16.9 Å². The second kappa shape index (κ2) is 5.57. The number of halogens is 1. The Morgan fingerprint density at radius 2 is 2.21 bits per heavy atom. The molecule has 0 bridgehead atoms. The molecule has 1 N–H and O–H groups in total. The molecule has 0 spiro atoms. The molecule has 1 atom stereocenters. The number of carbonyl (C=O) groups is 1. The molecule has 1 fully saturated rings. The van der Waals surface area contributed by atoms with Crippen molar-refractivity contribution in [3.63, 3.8) is 0 Å². The molecule has 1 aliphatic rings. The smallest absolute Gasteiger partial charge is 0.287 e. The van der Waals surface area contributed by atoms with E-state index < -0.39 is 4.92 Å². The lowest BCUT2D eigenvalue weighted by atomic mass is 9.80. The summed E-state index contributed by atoms with van der Waals surface area (Å²) in [6.07, 6.45) is 3.50. The summed E-state index contributed by atoms with van der Waals surface area (Å²) in [4.78, 5) is 22.1. The van der Waals surface area contributed by atoms with E-state index >= 15 is 0 Å². The highest BCUT2D eigenvalue weighted by Crippen LogP contribution is 2.30. The molecule has 0 saturated heterocycles. The number of rotatable bonds is 4. The van der Waals surface area contributed by atoms with Crippen LogP contribution in [-0.2, 0) is 0 Å². The molecule has 2 rings (SSSR count). The van der Waals surface area contributed by atoms with Gasteiger partial charge in [0.05, 0.1) is 4.92 Å². The Morgan fingerprint density at radius 1 is 1.53 bits per heavy atom. The summed E-state index contributed by atoms with van der Waals surface area (Å²) < 4.78 is 0. The molecule has 1 unspecified atom stereocenters. The van der Waals surface area contributed by atoms with Crippen molar-refractivity contribution in [3.05, 3.63) is 38.9 Å². The van der Waals surface area contributed by atoms with Crippen LogP contribution in [0.5, 0.6) is 0 Å². The first-order chi connectivity index (χ1) is 8.99. The topological polar surface area (TPSA) is 72.2 Å². The first-order valence-corrected chi connectivity index (χ1v) is 6.61. The molecule has 5 nitrogen and oxygen atoms in total. The van der Waals surface area contributed by atoms with E-state index in [0.717, 1.165) is 12.8 Å². The van der Waals surface area contributed by atoms with Crippen LogP contribution in [0.1, 0.15) is 36.5 Å². The second-order valence-corrected chi connectivity index (χ2v) is 5.28. The Hall–Kier alpha value is -1.62. The SMILES string of the molecule is CC(NC(=O)c1ccc([N+](=O)[O-])c(Cl)c1)C1CCC1. The van der Waals surface area contributed by atoms with Gasteiger partial charge in [-0.05, 0) is 37.8 Å². The number of hydrogen-bond acceptors (Lipinski definition) is 3. The fourth-order valence-corrected chi connectivity index (χ4v) is 2.39. The van der Waals surface area contributed by atoms with Gasteiger partial charge in [-0.2, -0.15) is 0 Å². The van der Waals surface area contributed by atoms with Crippen molar-refractivity contribution in [2.45, 2.75) is 32.2 Å². The molecular weight excluding hydrogens is 268 g/mol. The van der Waals surface area contributed by atoms with Crippen molar-refractivity contribution in [2.75, 3.05) is 0 Å². The van der Waals surface area contributed by atoms with E-state index in [2.05, 4.69) is 5.32 Å². The van der Waals surface area contributed by atoms with Crippen molar-refractivity contribution >= 4 is 23.2 Å². The normalized spacial score (nSPS) is 16.5. The maximum Gasteiger partial charge on any atom is 0.287 e. The van der Waals surface area contributed by atoms with E-state index in [0.29, 0.717) is 11.5 Å². The third kappa shape index (κ3) is 3.04. The van der Waals surface area contributed by atoms with Crippen LogP contribution in [0.3, 0.4) is 0 Å². The summed E-state index contributed by atoms with van der Waals surface area (Å²) >= 11 is 5.78. The zero-order valence-corrected chi connectivity index (χ0v) is 11.3. The maximum absolute atomic E-state index is 12.0. The van der Waals surface area contributed by atoms with Crippen LogP contribution < -0.4 is 5.32 Å². The lowest BCUT2D eigenvalue weighted by Crippen LogP contribution is -2.40. The molecule has 0 radical (unpaired) electrons. The number of hydrogen-bond donors (Lipinski definition) is 1. The fraction of sp³-hybridized carbons (Fsp3) is 0.462. The number of amides is 1. The average Bonchev–Trinajstić information content (AvgIpc) is 2.25. The van der Waals surface area contributed by atoms with Gasteiger partial charge in [-0.1, -0.05) is 18.0 Å². The van der Waals surface area contributed by atoms with Gasteiger partial charge >= 0.3 is 0 Å². The van der Waals surface area contributed by atoms with Gasteiger partial charge in [-0.3, -0.25) is 14.9 Å². The van der Waals surface area contributed by atoms with E-state index in [1.807, 2.05) is 6.92 Å². The van der Waals surface area contributed by atoms with Crippen molar-refractivity contribution in [1.29, 1.82) is 0 Å². The summed E-state index contributed by atoms with van der Waals surface area (Å²) in [7, 11) is 0. The summed E-state index contributed by atoms with van der Waals surface area (Å²) in [6.45, 7) is 1.98. The summed E-state index contributed by atoms with van der Waals surface area (Å²) in [5.41, 5.74) is 0.159. The molecule has 1 saturated carbocycles. The number of nitro groups is 1. The van der Waals surface area contributed by atoms with Crippen molar-refractivity contribution < 1.29 is 9.72 Å². The predicted octanol–water partition coefficient (Wildman–Crippen LogP) is 3.17. The lowest BCUT2D eigenvalue weighted by molar-refractivity contribution is -0.384. The number of nitrogens with one attached hydrogen (secondary N) is 1. The molecule has 6 heteroatoms. The standard InChI is InChI=1S/C13H15ClN2O3/c1-8(9-3-2-4-9)15-13(17)10-5-6-12(16(18)19)11(14)7-10/h5-9H,2-4H2,1H3,(H,15,17). The molecule has 19 heavy (non-hydrogen) atoms. The quantitative estimate of drug-likeness (QED) is 0.681. The maximum atomic E-state index is 12.0. The van der Waals surface area contributed by atoms with E-state index in [4.69, 9.17) is 11.6 Å². The largest absolute Gasteiger partial charge is 0.349 e. The third-order valence-corrected chi connectivity index (χ3v) is 3.93. The van der Waals surface area contributed by atoms with Gasteiger partial charge in [0.2, 0.25) is 0 Å². The average molecular weight is 283 g/mol. The first kappa shape index (κ1) is 13.8. The summed E-state index contributed by atoms with van der Waals surface area (Å²) in [5, 5.41) is 13.5. The summed E-state index contributed by atoms with van der Waals surface area (Å²) in [6, 6.07) is 4.14. The predicted molar refractivity (Wildman–Crippen MR) is 72.4 cm³/mol. The molecule has 1 aliphatic carbocycles. The Kier molecular flexibility index (Phi) is 4.04. The van der Waals surface area contributed by atoms with Gasteiger partial charge in [0.15, 0.2) is 0 Å². The van der Waals surface area contributed by atoms with Crippen molar-refractivity contribution in [1.82, 2.24) is 5.32 Å². The van der Waals surface area contributed by atoms with E-state index in [1.165, 1.54) is 24.6 Å². The van der Waals surface area contributed by atoms with Gasteiger partial charge < -0.3 is 5.32 Å². The highest BCUT2D eigenvalue weighted by atomic mass is 35.5. The Bertz CT molecular complexity index is 515. The van der Waals surface area contributed by atoms with Crippen LogP contribution in [0.25, 0.3) is 0 Å². The lowest BCUT2D eigenvalue weighted by Gasteiger charge is -2.31. The Balaban J connectivity index is 2.06. The van der Waals surface area contributed by atoms with Crippen LogP contribution in [0.15, 0.2) is 18.2 Å². The van der Waals surface area contributed by atoms with Crippen LogP contribution in [0.4, 0.5) is 5.69 Å². The molecule has 1 aromatic carbocycles. The number of nitrogens with zero attached hydrogens (tertiary/aromatic N) is 1. The monoisotopic (exact) mass is 282 g/mol. The summed E-state index contributed by atoms with van der Waals surface area (Å²) in [5.74, 6) is 0.300. The molecule has 0 aliphatic heterocycles.